The zero-order chi connectivity index (χ0) is 11.6. The molecule has 0 aromatic heterocycles. The van der Waals surface area contributed by atoms with Crippen molar-refractivity contribution >= 4 is 11.8 Å². The number of rotatable bonds is 3. The predicted molar refractivity (Wildman–Crippen MR) is 56.0 cm³/mol. The van der Waals surface area contributed by atoms with Gasteiger partial charge in [0.25, 0.3) is 0 Å². The van der Waals surface area contributed by atoms with Crippen LogP contribution < -0.4 is 0 Å². The Bertz CT molecular complexity index is 251. The van der Waals surface area contributed by atoms with Gasteiger partial charge < -0.3 is 5.11 Å². The molecule has 0 saturated carbocycles. The lowest BCUT2D eigenvalue weighted by molar-refractivity contribution is -0.140. The van der Waals surface area contributed by atoms with Gasteiger partial charge in [0.05, 0.1) is 12.6 Å². The molecule has 2 amide bonds. The molecule has 1 atom stereocenters. The number of imide groups is 1. The van der Waals surface area contributed by atoms with Crippen LogP contribution in [0.2, 0.25) is 0 Å². The Morgan fingerprint density at radius 2 is 1.73 bits per heavy atom. The van der Waals surface area contributed by atoms with E-state index in [0.29, 0.717) is 19.3 Å². The van der Waals surface area contributed by atoms with Crippen molar-refractivity contribution in [3.63, 3.8) is 0 Å². The number of carbonyl (C=O) groups is 2. The van der Waals surface area contributed by atoms with Crippen LogP contribution in [-0.4, -0.2) is 34.5 Å². The zero-order valence-electron chi connectivity index (χ0n) is 9.62. The molecule has 0 radical (unpaired) electrons. The summed E-state index contributed by atoms with van der Waals surface area (Å²) in [5, 5.41) is 9.73. The fraction of sp³-hybridized carbons (Fsp3) is 0.818. The van der Waals surface area contributed by atoms with Gasteiger partial charge in [-0.15, -0.1) is 0 Å². The summed E-state index contributed by atoms with van der Waals surface area (Å²) in [5.41, 5.74) is 0.00519. The summed E-state index contributed by atoms with van der Waals surface area (Å²) in [5.74, 6) is -0.319. The van der Waals surface area contributed by atoms with Gasteiger partial charge in [0.1, 0.15) is 0 Å². The van der Waals surface area contributed by atoms with Gasteiger partial charge in [-0.2, -0.15) is 0 Å². The number of nitrogens with zero attached hydrogens (tertiary/aromatic N) is 1. The number of aliphatic hydroxyl groups is 1. The highest BCUT2D eigenvalue weighted by Crippen LogP contribution is 2.22. The molecule has 0 bridgehead atoms. The van der Waals surface area contributed by atoms with E-state index in [2.05, 4.69) is 0 Å². The summed E-state index contributed by atoms with van der Waals surface area (Å²) in [6, 6.07) is 0. The van der Waals surface area contributed by atoms with Crippen molar-refractivity contribution in [1.82, 2.24) is 4.90 Å². The van der Waals surface area contributed by atoms with E-state index in [0.717, 1.165) is 0 Å². The lowest BCUT2D eigenvalue weighted by atomic mass is 9.89. The van der Waals surface area contributed by atoms with Crippen LogP contribution >= 0.6 is 0 Å². The van der Waals surface area contributed by atoms with E-state index in [-0.39, 0.29) is 23.8 Å². The largest absolute Gasteiger partial charge is 0.391 e. The first-order valence-electron chi connectivity index (χ1n) is 5.31. The van der Waals surface area contributed by atoms with Crippen LogP contribution in [0.5, 0.6) is 0 Å². The van der Waals surface area contributed by atoms with Crippen molar-refractivity contribution < 1.29 is 14.7 Å². The molecular formula is C11H19NO3. The third-order valence-corrected chi connectivity index (χ3v) is 2.40. The van der Waals surface area contributed by atoms with Gasteiger partial charge in [-0.25, -0.2) is 0 Å². The average Bonchev–Trinajstić information content (AvgIpc) is 2.32. The van der Waals surface area contributed by atoms with Gasteiger partial charge in [0, 0.05) is 12.8 Å². The van der Waals surface area contributed by atoms with E-state index >= 15 is 0 Å². The van der Waals surface area contributed by atoms with Gasteiger partial charge in [0.15, 0.2) is 0 Å². The zero-order valence-corrected chi connectivity index (χ0v) is 9.62. The first kappa shape index (κ1) is 12.2. The Morgan fingerprint density at radius 3 is 2.13 bits per heavy atom. The van der Waals surface area contributed by atoms with Crippen molar-refractivity contribution in [3.8, 4) is 0 Å². The summed E-state index contributed by atoms with van der Waals surface area (Å²) in [6.07, 6.45) is 0.558. The normalized spacial score (nSPS) is 19.9. The minimum Gasteiger partial charge on any atom is -0.391 e. The van der Waals surface area contributed by atoms with Crippen molar-refractivity contribution in [2.24, 2.45) is 5.41 Å². The lowest BCUT2D eigenvalue weighted by Gasteiger charge is -2.25. The van der Waals surface area contributed by atoms with Crippen LogP contribution in [0.15, 0.2) is 0 Å². The second-order valence-electron chi connectivity index (χ2n) is 5.32. The molecule has 1 fully saturated rings. The summed E-state index contributed by atoms with van der Waals surface area (Å²) in [7, 11) is 0. The summed E-state index contributed by atoms with van der Waals surface area (Å²) < 4.78 is 0. The molecule has 4 nitrogen and oxygen atoms in total. The Labute approximate surface area is 90.3 Å². The van der Waals surface area contributed by atoms with E-state index in [1.807, 2.05) is 20.8 Å². The van der Waals surface area contributed by atoms with Crippen LogP contribution in [-0.2, 0) is 9.59 Å². The first-order chi connectivity index (χ1) is 6.79. The maximum Gasteiger partial charge on any atom is 0.229 e. The lowest BCUT2D eigenvalue weighted by Crippen LogP contribution is -2.37. The molecule has 1 unspecified atom stereocenters. The van der Waals surface area contributed by atoms with E-state index in [1.54, 1.807) is 0 Å². The van der Waals surface area contributed by atoms with Crippen LogP contribution in [0.3, 0.4) is 0 Å². The van der Waals surface area contributed by atoms with Gasteiger partial charge in [-0.05, 0) is 11.8 Å². The Balaban J connectivity index is 2.47. The molecule has 1 heterocycles. The van der Waals surface area contributed by atoms with Crippen molar-refractivity contribution in [2.75, 3.05) is 6.54 Å². The second kappa shape index (κ2) is 4.31. The number of amides is 2. The number of β-amino-alcohol motifs (C(OH)–C–C–N with tert-alkyl or cyclic N) is 1. The molecule has 4 heteroatoms. The van der Waals surface area contributed by atoms with Gasteiger partial charge >= 0.3 is 0 Å². The monoisotopic (exact) mass is 213 g/mol. The molecular weight excluding hydrogens is 194 g/mol. The third kappa shape index (κ3) is 3.63. The minimum atomic E-state index is -0.615. The molecule has 0 aromatic rings. The fourth-order valence-electron chi connectivity index (χ4n) is 1.81. The number of carbonyl (C=O) groups excluding carboxylic acids is 2. The topological polar surface area (TPSA) is 57.6 Å². The second-order valence-corrected chi connectivity index (χ2v) is 5.32. The Kier molecular flexibility index (Phi) is 3.50. The maximum absolute atomic E-state index is 11.3. The number of hydrogen-bond acceptors (Lipinski definition) is 3. The highest BCUT2D eigenvalue weighted by atomic mass is 16.3. The molecule has 0 spiro atoms. The van der Waals surface area contributed by atoms with E-state index in [1.165, 1.54) is 4.90 Å². The highest BCUT2D eigenvalue weighted by Gasteiger charge is 2.31. The van der Waals surface area contributed by atoms with Crippen LogP contribution in [0.1, 0.15) is 40.0 Å². The number of aliphatic hydroxyl groups excluding tert-OH is 1. The van der Waals surface area contributed by atoms with E-state index in [4.69, 9.17) is 0 Å². The molecule has 1 N–H and O–H groups in total. The summed E-state index contributed by atoms with van der Waals surface area (Å²) >= 11 is 0. The van der Waals surface area contributed by atoms with Crippen molar-refractivity contribution in [2.45, 2.75) is 46.1 Å². The van der Waals surface area contributed by atoms with Gasteiger partial charge in [-0.3, -0.25) is 14.5 Å². The van der Waals surface area contributed by atoms with E-state index < -0.39 is 6.10 Å². The predicted octanol–water partition coefficient (Wildman–Crippen LogP) is 0.932. The molecule has 15 heavy (non-hydrogen) atoms. The minimum absolute atomic E-state index is 0.00519. The Hall–Kier alpha value is -0.900. The standard InChI is InChI=1S/C11H19NO3/c1-11(2,3)6-8(13)7-12-9(14)4-5-10(12)15/h8,13H,4-7H2,1-3H3. The molecule has 0 aliphatic carbocycles. The fourth-order valence-corrected chi connectivity index (χ4v) is 1.81. The van der Waals surface area contributed by atoms with Crippen LogP contribution in [0, 0.1) is 5.41 Å². The van der Waals surface area contributed by atoms with E-state index in [9.17, 15) is 14.7 Å². The van der Waals surface area contributed by atoms with Gasteiger partial charge in [0.2, 0.25) is 11.8 Å². The SMILES string of the molecule is CC(C)(C)CC(O)CN1C(=O)CCC1=O. The molecule has 1 saturated heterocycles. The quantitative estimate of drug-likeness (QED) is 0.710. The molecule has 1 aliphatic rings. The van der Waals surface area contributed by atoms with Crippen LogP contribution in [0.25, 0.3) is 0 Å². The number of likely N-dealkylation sites (tertiary alicyclic amines) is 1. The average molecular weight is 213 g/mol. The van der Waals surface area contributed by atoms with Crippen molar-refractivity contribution in [1.29, 1.82) is 0 Å². The number of hydrogen-bond donors (Lipinski definition) is 1. The molecule has 1 rings (SSSR count). The Morgan fingerprint density at radius 1 is 1.27 bits per heavy atom. The molecule has 1 aliphatic heterocycles. The maximum atomic E-state index is 11.3. The van der Waals surface area contributed by atoms with Crippen LogP contribution in [0.4, 0.5) is 0 Å². The smallest absolute Gasteiger partial charge is 0.229 e. The highest BCUT2D eigenvalue weighted by molar-refractivity contribution is 6.01. The third-order valence-electron chi connectivity index (χ3n) is 2.40. The molecule has 86 valence electrons. The first-order valence-corrected chi connectivity index (χ1v) is 5.31. The summed E-state index contributed by atoms with van der Waals surface area (Å²) in [4.78, 5) is 23.7. The molecule has 0 aromatic carbocycles. The summed E-state index contributed by atoms with van der Waals surface area (Å²) in [6.45, 7) is 6.20. The van der Waals surface area contributed by atoms with Crippen molar-refractivity contribution in [3.05, 3.63) is 0 Å². The van der Waals surface area contributed by atoms with Gasteiger partial charge in [-0.1, -0.05) is 20.8 Å².